The first-order valence-corrected chi connectivity index (χ1v) is 8.01. The second-order valence-electron chi connectivity index (χ2n) is 5.60. The summed E-state index contributed by atoms with van der Waals surface area (Å²) in [5, 5.41) is 10.8. The third-order valence-corrected chi connectivity index (χ3v) is 3.91. The molecule has 6 nitrogen and oxygen atoms in total. The van der Waals surface area contributed by atoms with Gasteiger partial charge in [-0.1, -0.05) is 24.3 Å². The van der Waals surface area contributed by atoms with Crippen molar-refractivity contribution in [1.82, 2.24) is 25.3 Å². The number of hydrogen-bond acceptors (Lipinski definition) is 4. The predicted molar refractivity (Wildman–Crippen MR) is 90.3 cm³/mol. The fraction of sp³-hybridized carbons (Fsp3) is 0.222. The summed E-state index contributed by atoms with van der Waals surface area (Å²) in [5.41, 5.74) is 2.11. The van der Waals surface area contributed by atoms with Crippen LogP contribution in [-0.4, -0.2) is 25.9 Å². The summed E-state index contributed by atoms with van der Waals surface area (Å²) >= 11 is 0. The van der Waals surface area contributed by atoms with Crippen LogP contribution in [-0.2, 0) is 6.54 Å². The number of aromatic nitrogens is 4. The summed E-state index contributed by atoms with van der Waals surface area (Å²) in [6.07, 6.45) is 5.70. The number of carbonyl (C=O) groups is 1. The highest BCUT2D eigenvalue weighted by molar-refractivity contribution is 5.91. The summed E-state index contributed by atoms with van der Waals surface area (Å²) in [4.78, 5) is 16.2. The highest BCUT2D eigenvalue weighted by Gasteiger charge is 2.17. The van der Waals surface area contributed by atoms with Gasteiger partial charge in [-0.15, -0.1) is 5.10 Å². The Morgan fingerprint density at radius 3 is 2.60 bits per heavy atom. The lowest BCUT2D eigenvalue weighted by Gasteiger charge is -2.14. The van der Waals surface area contributed by atoms with Gasteiger partial charge in [-0.3, -0.25) is 9.78 Å². The van der Waals surface area contributed by atoms with E-state index in [4.69, 9.17) is 0 Å². The van der Waals surface area contributed by atoms with E-state index in [1.54, 1.807) is 35.4 Å². The van der Waals surface area contributed by atoms with Gasteiger partial charge in [-0.25, -0.2) is 9.07 Å². The zero-order valence-corrected chi connectivity index (χ0v) is 13.8. The number of nitrogens with one attached hydrogen (secondary N) is 1. The van der Waals surface area contributed by atoms with E-state index in [0.717, 1.165) is 17.5 Å². The van der Waals surface area contributed by atoms with Gasteiger partial charge < -0.3 is 5.32 Å². The predicted octanol–water partition coefficient (Wildman–Crippen LogP) is 2.74. The Kier molecular flexibility index (Phi) is 5.13. The molecular formula is C18H18FN5O. The van der Waals surface area contributed by atoms with E-state index < -0.39 is 0 Å². The van der Waals surface area contributed by atoms with Gasteiger partial charge in [0.15, 0.2) is 5.69 Å². The van der Waals surface area contributed by atoms with Crippen LogP contribution in [0.2, 0.25) is 0 Å². The van der Waals surface area contributed by atoms with E-state index in [1.807, 2.05) is 19.1 Å². The standard InChI is InChI=1S/C18H18FN5O/c1-2-17(14-3-5-15(19)6-4-14)24-12-16(22-23-24)18(25)21-11-13-7-9-20-10-8-13/h3-10,12,17H,2,11H2,1H3,(H,21,25)/t17-/m1/s1. The molecule has 25 heavy (non-hydrogen) atoms. The van der Waals surface area contributed by atoms with Gasteiger partial charge in [-0.2, -0.15) is 0 Å². The summed E-state index contributed by atoms with van der Waals surface area (Å²) < 4.78 is 14.7. The second kappa shape index (κ2) is 7.65. The van der Waals surface area contributed by atoms with Crippen LogP contribution in [0.15, 0.2) is 55.0 Å². The van der Waals surface area contributed by atoms with Crippen molar-refractivity contribution in [1.29, 1.82) is 0 Å². The minimum absolute atomic E-state index is 0.102. The van der Waals surface area contributed by atoms with E-state index in [2.05, 4.69) is 20.6 Å². The molecule has 3 rings (SSSR count). The molecule has 1 atom stereocenters. The smallest absolute Gasteiger partial charge is 0.273 e. The van der Waals surface area contributed by atoms with Crippen molar-refractivity contribution in [3.05, 3.63) is 77.6 Å². The Balaban J connectivity index is 1.70. The van der Waals surface area contributed by atoms with Gasteiger partial charge in [0.05, 0.1) is 12.2 Å². The highest BCUT2D eigenvalue weighted by Crippen LogP contribution is 2.21. The average molecular weight is 339 g/mol. The molecule has 1 aromatic carbocycles. The van der Waals surface area contributed by atoms with Crippen molar-refractivity contribution < 1.29 is 9.18 Å². The van der Waals surface area contributed by atoms with E-state index in [0.29, 0.717) is 6.54 Å². The molecule has 0 radical (unpaired) electrons. The van der Waals surface area contributed by atoms with Crippen molar-refractivity contribution in [2.24, 2.45) is 0 Å². The minimum Gasteiger partial charge on any atom is -0.347 e. The van der Waals surface area contributed by atoms with Gasteiger partial charge in [0.1, 0.15) is 5.82 Å². The lowest BCUT2D eigenvalue weighted by atomic mass is 10.0. The van der Waals surface area contributed by atoms with Gasteiger partial charge in [-0.05, 0) is 41.8 Å². The van der Waals surface area contributed by atoms with E-state index >= 15 is 0 Å². The Labute approximate surface area is 144 Å². The van der Waals surface area contributed by atoms with Crippen molar-refractivity contribution in [2.75, 3.05) is 0 Å². The molecule has 0 aliphatic heterocycles. The molecule has 0 spiro atoms. The first kappa shape index (κ1) is 16.8. The van der Waals surface area contributed by atoms with E-state index in [9.17, 15) is 9.18 Å². The number of pyridine rings is 1. The Hall–Kier alpha value is -3.09. The van der Waals surface area contributed by atoms with Crippen molar-refractivity contribution in [2.45, 2.75) is 25.9 Å². The molecular weight excluding hydrogens is 321 g/mol. The molecule has 0 aliphatic rings. The van der Waals surface area contributed by atoms with E-state index in [-0.39, 0.29) is 23.5 Å². The number of hydrogen-bond donors (Lipinski definition) is 1. The largest absolute Gasteiger partial charge is 0.347 e. The first-order chi connectivity index (χ1) is 12.2. The van der Waals surface area contributed by atoms with Crippen LogP contribution in [0.3, 0.4) is 0 Å². The quantitative estimate of drug-likeness (QED) is 0.749. The molecule has 1 amide bonds. The zero-order chi connectivity index (χ0) is 17.6. The number of carbonyl (C=O) groups excluding carboxylic acids is 1. The summed E-state index contributed by atoms with van der Waals surface area (Å²) in [6, 6.07) is 9.82. The second-order valence-corrected chi connectivity index (χ2v) is 5.60. The van der Waals surface area contributed by atoms with E-state index in [1.165, 1.54) is 12.1 Å². The maximum absolute atomic E-state index is 13.1. The molecule has 3 aromatic rings. The van der Waals surface area contributed by atoms with Crippen LogP contribution >= 0.6 is 0 Å². The normalized spacial score (nSPS) is 11.9. The van der Waals surface area contributed by atoms with Gasteiger partial charge >= 0.3 is 0 Å². The Morgan fingerprint density at radius 1 is 1.20 bits per heavy atom. The lowest BCUT2D eigenvalue weighted by molar-refractivity contribution is 0.0946. The molecule has 0 saturated carbocycles. The molecule has 2 heterocycles. The molecule has 2 aromatic heterocycles. The maximum Gasteiger partial charge on any atom is 0.273 e. The van der Waals surface area contributed by atoms with Crippen LogP contribution < -0.4 is 5.32 Å². The van der Waals surface area contributed by atoms with Crippen LogP contribution in [0.5, 0.6) is 0 Å². The zero-order valence-electron chi connectivity index (χ0n) is 13.8. The van der Waals surface area contributed by atoms with Crippen LogP contribution in [0.1, 0.15) is 41.0 Å². The molecule has 0 unspecified atom stereocenters. The summed E-state index contributed by atoms with van der Waals surface area (Å²) in [6.45, 7) is 2.39. The van der Waals surface area contributed by atoms with Crippen LogP contribution in [0, 0.1) is 5.82 Å². The highest BCUT2D eigenvalue weighted by atomic mass is 19.1. The fourth-order valence-corrected chi connectivity index (χ4v) is 2.57. The topological polar surface area (TPSA) is 72.7 Å². The van der Waals surface area contributed by atoms with Crippen molar-refractivity contribution >= 4 is 5.91 Å². The molecule has 7 heteroatoms. The average Bonchev–Trinajstić information content (AvgIpc) is 3.13. The number of halogens is 1. The molecule has 0 fully saturated rings. The number of rotatable bonds is 6. The molecule has 0 saturated heterocycles. The minimum atomic E-state index is -0.294. The molecule has 128 valence electrons. The van der Waals surface area contributed by atoms with Gasteiger partial charge in [0.2, 0.25) is 0 Å². The van der Waals surface area contributed by atoms with Crippen molar-refractivity contribution in [3.8, 4) is 0 Å². The number of benzene rings is 1. The Morgan fingerprint density at radius 2 is 1.92 bits per heavy atom. The van der Waals surface area contributed by atoms with Gasteiger partial charge in [0.25, 0.3) is 5.91 Å². The maximum atomic E-state index is 13.1. The van der Waals surface area contributed by atoms with Crippen LogP contribution in [0.4, 0.5) is 4.39 Å². The third kappa shape index (κ3) is 4.06. The Bertz CT molecular complexity index is 832. The van der Waals surface area contributed by atoms with Crippen LogP contribution in [0.25, 0.3) is 0 Å². The molecule has 0 aliphatic carbocycles. The third-order valence-electron chi connectivity index (χ3n) is 3.91. The summed E-state index contributed by atoms with van der Waals surface area (Å²) in [5.74, 6) is -0.578. The number of nitrogens with zero attached hydrogens (tertiary/aromatic N) is 4. The van der Waals surface area contributed by atoms with Gasteiger partial charge in [0, 0.05) is 18.9 Å². The molecule has 0 bridgehead atoms. The lowest BCUT2D eigenvalue weighted by Crippen LogP contribution is -2.23. The number of amides is 1. The summed E-state index contributed by atoms with van der Waals surface area (Å²) in [7, 11) is 0. The first-order valence-electron chi connectivity index (χ1n) is 8.01. The fourth-order valence-electron chi connectivity index (χ4n) is 2.57. The van der Waals surface area contributed by atoms with Crippen molar-refractivity contribution in [3.63, 3.8) is 0 Å². The monoisotopic (exact) mass is 339 g/mol. The molecule has 1 N–H and O–H groups in total. The SMILES string of the molecule is CC[C@H](c1ccc(F)cc1)n1cc(C(=O)NCc2ccncc2)nn1.